The van der Waals surface area contributed by atoms with Gasteiger partial charge in [-0.25, -0.2) is 0 Å². The molecule has 0 radical (unpaired) electrons. The Labute approximate surface area is 186 Å². The van der Waals surface area contributed by atoms with Gasteiger partial charge in [0.15, 0.2) is 11.4 Å². The average Bonchev–Trinajstić information content (AvgIpc) is 2.94. The molecule has 1 aliphatic heterocycles. The number of aromatic nitrogens is 2. The second-order valence-electron chi connectivity index (χ2n) is 8.39. The van der Waals surface area contributed by atoms with Crippen molar-refractivity contribution >= 4 is 5.91 Å². The van der Waals surface area contributed by atoms with E-state index in [9.17, 15) is 27.9 Å². The van der Waals surface area contributed by atoms with Crippen molar-refractivity contribution in [2.75, 3.05) is 13.1 Å². The van der Waals surface area contributed by atoms with E-state index in [-0.39, 0.29) is 6.54 Å². The summed E-state index contributed by atoms with van der Waals surface area (Å²) in [4.78, 5) is 25.6. The second-order valence-corrected chi connectivity index (χ2v) is 8.39. The molecule has 1 N–H and O–H groups in total. The SMILES string of the molecule is O=C1c2c(O)c(=O)cnn2[C@@H](C2c3ccccc3CCc3ccccc32)CN1CC(F)(F)F. The molecule has 9 heteroatoms. The Balaban J connectivity index is 1.75. The summed E-state index contributed by atoms with van der Waals surface area (Å²) in [5.41, 5.74) is 2.56. The summed E-state index contributed by atoms with van der Waals surface area (Å²) >= 11 is 0. The number of hydrogen-bond acceptors (Lipinski definition) is 4. The number of amides is 1. The van der Waals surface area contributed by atoms with E-state index in [0.717, 1.165) is 41.3 Å². The third kappa shape index (κ3) is 3.67. The molecule has 2 aromatic carbocycles. The highest BCUT2D eigenvalue weighted by Crippen LogP contribution is 2.44. The molecular weight excluding hydrogens is 435 g/mol. The lowest BCUT2D eigenvalue weighted by Crippen LogP contribution is -2.50. The lowest BCUT2D eigenvalue weighted by atomic mass is 9.81. The van der Waals surface area contributed by atoms with E-state index in [1.807, 2.05) is 48.5 Å². The van der Waals surface area contributed by atoms with Gasteiger partial charge >= 0.3 is 6.18 Å². The molecule has 5 rings (SSSR count). The first-order valence-electron chi connectivity index (χ1n) is 10.6. The summed E-state index contributed by atoms with van der Waals surface area (Å²) in [5, 5.41) is 14.5. The molecule has 2 heterocycles. The fourth-order valence-corrected chi connectivity index (χ4v) is 5.03. The fraction of sp³-hybridized carbons (Fsp3) is 0.292. The van der Waals surface area contributed by atoms with Gasteiger partial charge in [-0.2, -0.15) is 18.3 Å². The van der Waals surface area contributed by atoms with E-state index in [1.54, 1.807) is 0 Å². The van der Waals surface area contributed by atoms with Crippen LogP contribution in [0.2, 0.25) is 0 Å². The van der Waals surface area contributed by atoms with Gasteiger partial charge in [0.05, 0.1) is 12.2 Å². The predicted octanol–water partition coefficient (Wildman–Crippen LogP) is 3.44. The maximum atomic E-state index is 13.3. The minimum atomic E-state index is -4.64. The van der Waals surface area contributed by atoms with Crippen LogP contribution in [0.3, 0.4) is 0 Å². The topological polar surface area (TPSA) is 75.4 Å². The number of aryl methyl sites for hydroxylation is 2. The standard InChI is InChI=1S/C24H20F3N3O3/c25-24(26,27)13-29-12-18(30-21(23(29)33)22(32)19(31)11-28-30)20-16-7-3-1-5-14(16)9-10-15-6-2-4-8-17(15)20/h1-8,11,18,20,32H,9-10,12-13H2/t18-/m1/s1. The molecule has 3 aromatic rings. The van der Waals surface area contributed by atoms with E-state index in [1.165, 1.54) is 4.68 Å². The highest BCUT2D eigenvalue weighted by molar-refractivity contribution is 5.95. The van der Waals surface area contributed by atoms with Gasteiger partial charge in [-0.3, -0.25) is 14.3 Å². The summed E-state index contributed by atoms with van der Waals surface area (Å²) in [6.07, 6.45) is -2.22. The Hall–Kier alpha value is -3.62. The van der Waals surface area contributed by atoms with Crippen LogP contribution in [-0.4, -0.2) is 45.0 Å². The summed E-state index contributed by atoms with van der Waals surface area (Å²) in [6.45, 7) is -1.76. The molecule has 0 bridgehead atoms. The van der Waals surface area contributed by atoms with E-state index in [0.29, 0.717) is 4.90 Å². The largest absolute Gasteiger partial charge is 0.502 e. The Morgan fingerprint density at radius 2 is 1.55 bits per heavy atom. The zero-order valence-corrected chi connectivity index (χ0v) is 17.4. The highest BCUT2D eigenvalue weighted by Gasteiger charge is 2.44. The van der Waals surface area contributed by atoms with Crippen LogP contribution in [0, 0.1) is 0 Å². The smallest absolute Gasteiger partial charge is 0.406 e. The fourth-order valence-electron chi connectivity index (χ4n) is 5.03. The summed E-state index contributed by atoms with van der Waals surface area (Å²) in [5.74, 6) is -2.39. The normalized spacial score (nSPS) is 18.3. The third-order valence-electron chi connectivity index (χ3n) is 6.40. The monoisotopic (exact) mass is 455 g/mol. The number of alkyl halides is 3. The van der Waals surface area contributed by atoms with Gasteiger partial charge in [-0.05, 0) is 35.1 Å². The molecule has 6 nitrogen and oxygen atoms in total. The summed E-state index contributed by atoms with van der Waals surface area (Å²) < 4.78 is 41.3. The van der Waals surface area contributed by atoms with Crippen LogP contribution in [0.5, 0.6) is 5.75 Å². The highest BCUT2D eigenvalue weighted by atomic mass is 19.4. The molecule has 1 aromatic heterocycles. The quantitative estimate of drug-likeness (QED) is 0.643. The molecule has 0 unspecified atom stereocenters. The van der Waals surface area contributed by atoms with Crippen molar-refractivity contribution in [1.29, 1.82) is 0 Å². The molecule has 1 aliphatic carbocycles. The van der Waals surface area contributed by atoms with Crippen LogP contribution in [0.1, 0.15) is 44.7 Å². The van der Waals surface area contributed by atoms with Crippen molar-refractivity contribution in [2.24, 2.45) is 0 Å². The van der Waals surface area contributed by atoms with Crippen LogP contribution >= 0.6 is 0 Å². The minimum Gasteiger partial charge on any atom is -0.502 e. The summed E-state index contributed by atoms with van der Waals surface area (Å²) in [7, 11) is 0. The average molecular weight is 455 g/mol. The second kappa shape index (κ2) is 7.75. The number of nitrogens with zero attached hydrogens (tertiary/aromatic N) is 3. The molecule has 2 aliphatic rings. The molecular formula is C24H20F3N3O3. The molecule has 0 saturated heterocycles. The third-order valence-corrected chi connectivity index (χ3v) is 6.40. The maximum absolute atomic E-state index is 13.3. The number of fused-ring (bicyclic) bond motifs is 3. The first-order chi connectivity index (χ1) is 15.7. The number of hydrogen-bond donors (Lipinski definition) is 1. The van der Waals surface area contributed by atoms with Gasteiger partial charge in [0.25, 0.3) is 5.91 Å². The minimum absolute atomic E-state index is 0.270. The first kappa shape index (κ1) is 21.2. The molecule has 0 spiro atoms. The van der Waals surface area contributed by atoms with Gasteiger partial charge in [0, 0.05) is 12.5 Å². The van der Waals surface area contributed by atoms with E-state index >= 15 is 0 Å². The van der Waals surface area contributed by atoms with Gasteiger partial charge < -0.3 is 10.0 Å². The van der Waals surface area contributed by atoms with E-state index < -0.39 is 47.5 Å². The van der Waals surface area contributed by atoms with Gasteiger partial charge in [-0.15, -0.1) is 0 Å². The van der Waals surface area contributed by atoms with Crippen molar-refractivity contribution in [3.05, 3.63) is 92.9 Å². The van der Waals surface area contributed by atoms with Crippen molar-refractivity contribution in [2.45, 2.75) is 31.0 Å². The van der Waals surface area contributed by atoms with Crippen LogP contribution < -0.4 is 5.43 Å². The maximum Gasteiger partial charge on any atom is 0.406 e. The lowest BCUT2D eigenvalue weighted by Gasteiger charge is -2.39. The Morgan fingerprint density at radius 1 is 0.970 bits per heavy atom. The van der Waals surface area contributed by atoms with Gasteiger partial charge in [-0.1, -0.05) is 48.5 Å². The van der Waals surface area contributed by atoms with Crippen molar-refractivity contribution in [3.63, 3.8) is 0 Å². The number of rotatable bonds is 2. The van der Waals surface area contributed by atoms with E-state index in [2.05, 4.69) is 5.10 Å². The molecule has 170 valence electrons. The summed E-state index contributed by atoms with van der Waals surface area (Å²) in [6, 6.07) is 14.7. The van der Waals surface area contributed by atoms with Crippen molar-refractivity contribution in [1.82, 2.24) is 14.7 Å². The van der Waals surface area contributed by atoms with Gasteiger partial charge in [0.2, 0.25) is 5.43 Å². The zero-order chi connectivity index (χ0) is 23.3. The molecule has 0 fully saturated rings. The van der Waals surface area contributed by atoms with E-state index in [4.69, 9.17) is 0 Å². The number of carbonyl (C=O) groups is 1. The van der Waals surface area contributed by atoms with Crippen LogP contribution in [0.25, 0.3) is 0 Å². The Bertz CT molecular complexity index is 1250. The Morgan fingerprint density at radius 3 is 2.12 bits per heavy atom. The van der Waals surface area contributed by atoms with Crippen molar-refractivity contribution in [3.8, 4) is 5.75 Å². The Kier molecular flexibility index (Phi) is 4.99. The number of benzene rings is 2. The van der Waals surface area contributed by atoms with Crippen molar-refractivity contribution < 1.29 is 23.1 Å². The zero-order valence-electron chi connectivity index (χ0n) is 17.4. The van der Waals surface area contributed by atoms with Crippen LogP contribution in [-0.2, 0) is 12.8 Å². The number of aromatic hydroxyl groups is 1. The van der Waals surface area contributed by atoms with Crippen LogP contribution in [0.4, 0.5) is 13.2 Å². The number of halogens is 3. The van der Waals surface area contributed by atoms with Gasteiger partial charge in [0.1, 0.15) is 6.54 Å². The molecule has 33 heavy (non-hydrogen) atoms. The molecule has 0 saturated carbocycles. The van der Waals surface area contributed by atoms with Crippen LogP contribution in [0.15, 0.2) is 59.5 Å². The molecule has 1 amide bonds. The predicted molar refractivity (Wildman–Crippen MR) is 113 cm³/mol. The first-order valence-corrected chi connectivity index (χ1v) is 10.6. The molecule has 1 atom stereocenters. The number of carbonyl (C=O) groups excluding carboxylic acids is 1. The lowest BCUT2D eigenvalue weighted by molar-refractivity contribution is -0.142.